The number of nitrogens with two attached hydrogens (primary N) is 1. The molecule has 0 unspecified atom stereocenters. The van der Waals surface area contributed by atoms with Gasteiger partial charge in [0.1, 0.15) is 5.75 Å². The fourth-order valence-corrected chi connectivity index (χ4v) is 2.38. The number of rotatable bonds is 2. The van der Waals surface area contributed by atoms with Crippen molar-refractivity contribution in [3.05, 3.63) is 28.8 Å². The van der Waals surface area contributed by atoms with Crippen LogP contribution < -0.4 is 5.73 Å². The molecular weight excluding hydrogens is 307 g/mol. The number of aromatic hydroxyl groups is 1. The van der Waals surface area contributed by atoms with E-state index in [0.29, 0.717) is 11.1 Å². The SMILES string of the molecule is CC(C)(C)c1cc([C@H](N)[C@H](O)C(F)(F)F)cc(C(C)(C)C)c1O. The van der Waals surface area contributed by atoms with Gasteiger partial charge in [0.2, 0.25) is 0 Å². The van der Waals surface area contributed by atoms with Gasteiger partial charge in [0.05, 0.1) is 6.04 Å². The van der Waals surface area contributed by atoms with Crippen LogP contribution in [0.4, 0.5) is 13.2 Å². The molecule has 0 saturated heterocycles. The van der Waals surface area contributed by atoms with Crippen LogP contribution in [0.1, 0.15) is 64.3 Å². The summed E-state index contributed by atoms with van der Waals surface area (Å²) in [6.07, 6.45) is -7.46. The first-order valence-corrected chi connectivity index (χ1v) is 7.45. The molecule has 0 aliphatic rings. The van der Waals surface area contributed by atoms with Crippen molar-refractivity contribution in [1.29, 1.82) is 0 Å². The quantitative estimate of drug-likeness (QED) is 0.769. The summed E-state index contributed by atoms with van der Waals surface area (Å²) in [5.41, 5.74) is 5.85. The molecule has 0 aromatic heterocycles. The Morgan fingerprint density at radius 3 is 1.52 bits per heavy atom. The first kappa shape index (κ1) is 19.8. The van der Waals surface area contributed by atoms with Gasteiger partial charge in [0.15, 0.2) is 6.10 Å². The molecule has 1 aromatic carbocycles. The fourth-order valence-electron chi connectivity index (χ4n) is 2.38. The zero-order chi connectivity index (χ0) is 18.4. The third kappa shape index (κ3) is 4.38. The van der Waals surface area contributed by atoms with Crippen molar-refractivity contribution in [2.75, 3.05) is 0 Å². The molecule has 4 N–H and O–H groups in total. The van der Waals surface area contributed by atoms with E-state index in [1.165, 1.54) is 12.1 Å². The highest BCUT2D eigenvalue weighted by atomic mass is 19.4. The molecule has 2 atom stereocenters. The van der Waals surface area contributed by atoms with E-state index in [-0.39, 0.29) is 11.3 Å². The Kier molecular flexibility index (Phi) is 5.14. The number of aliphatic hydroxyl groups excluding tert-OH is 1. The summed E-state index contributed by atoms with van der Waals surface area (Å²) in [4.78, 5) is 0. The number of phenolic OH excluding ortho intramolecular Hbond substituents is 1. The summed E-state index contributed by atoms with van der Waals surface area (Å²) in [5.74, 6) is 0.0578. The first-order valence-electron chi connectivity index (χ1n) is 7.45. The summed E-state index contributed by atoms with van der Waals surface area (Å²) in [6, 6.07) is 1.28. The van der Waals surface area contributed by atoms with Gasteiger partial charge < -0.3 is 15.9 Å². The molecule has 0 radical (unpaired) electrons. The second-order valence-electron chi connectivity index (χ2n) is 7.98. The highest BCUT2D eigenvalue weighted by Crippen LogP contribution is 2.41. The topological polar surface area (TPSA) is 66.5 Å². The Hall–Kier alpha value is -1.27. The normalized spacial score (nSPS) is 16.3. The molecule has 1 rings (SSSR count). The highest BCUT2D eigenvalue weighted by Gasteiger charge is 2.43. The summed E-state index contributed by atoms with van der Waals surface area (Å²) < 4.78 is 38.3. The van der Waals surface area contributed by atoms with E-state index >= 15 is 0 Å². The second kappa shape index (κ2) is 5.98. The van der Waals surface area contributed by atoms with E-state index in [1.54, 1.807) is 0 Å². The van der Waals surface area contributed by atoms with Gasteiger partial charge in [-0.25, -0.2) is 0 Å². The first-order chi connectivity index (χ1) is 10.1. The van der Waals surface area contributed by atoms with Crippen molar-refractivity contribution < 1.29 is 23.4 Å². The van der Waals surface area contributed by atoms with E-state index in [0.717, 1.165) is 0 Å². The highest BCUT2D eigenvalue weighted by molar-refractivity contribution is 5.50. The number of phenols is 1. The largest absolute Gasteiger partial charge is 0.507 e. The molecule has 0 fully saturated rings. The Balaban J connectivity index is 3.57. The predicted molar refractivity (Wildman–Crippen MR) is 84.5 cm³/mol. The lowest BCUT2D eigenvalue weighted by atomic mass is 9.77. The third-order valence-electron chi connectivity index (χ3n) is 3.81. The van der Waals surface area contributed by atoms with Crippen molar-refractivity contribution in [3.63, 3.8) is 0 Å². The second-order valence-corrected chi connectivity index (χ2v) is 7.98. The van der Waals surface area contributed by atoms with E-state index in [2.05, 4.69) is 0 Å². The molecule has 0 aliphatic heterocycles. The van der Waals surface area contributed by atoms with Crippen molar-refractivity contribution >= 4 is 0 Å². The molecule has 0 bridgehead atoms. The van der Waals surface area contributed by atoms with Crippen LogP contribution in [0, 0.1) is 0 Å². The van der Waals surface area contributed by atoms with Gasteiger partial charge in [0, 0.05) is 0 Å². The molecule has 1 aromatic rings. The lowest BCUT2D eigenvalue weighted by molar-refractivity contribution is -0.210. The molecule has 132 valence electrons. The third-order valence-corrected chi connectivity index (χ3v) is 3.81. The van der Waals surface area contributed by atoms with E-state index in [1.807, 2.05) is 41.5 Å². The average molecular weight is 333 g/mol. The van der Waals surface area contributed by atoms with Crippen molar-refractivity contribution in [1.82, 2.24) is 0 Å². The maximum Gasteiger partial charge on any atom is 0.416 e. The van der Waals surface area contributed by atoms with Gasteiger partial charge >= 0.3 is 6.18 Å². The minimum Gasteiger partial charge on any atom is -0.507 e. The maximum absolute atomic E-state index is 12.8. The van der Waals surface area contributed by atoms with Crippen LogP contribution in [-0.4, -0.2) is 22.5 Å². The van der Waals surface area contributed by atoms with Crippen molar-refractivity contribution in [3.8, 4) is 5.75 Å². The van der Waals surface area contributed by atoms with Crippen LogP contribution in [-0.2, 0) is 10.8 Å². The van der Waals surface area contributed by atoms with Crippen LogP contribution in [0.25, 0.3) is 0 Å². The zero-order valence-corrected chi connectivity index (χ0v) is 14.4. The Labute approximate surface area is 135 Å². The number of halogens is 3. The van der Waals surface area contributed by atoms with Gasteiger partial charge in [0.25, 0.3) is 0 Å². The molecule has 3 nitrogen and oxygen atoms in total. The van der Waals surface area contributed by atoms with E-state index in [9.17, 15) is 23.4 Å². The van der Waals surface area contributed by atoms with Crippen molar-refractivity contribution in [2.45, 2.75) is 70.7 Å². The smallest absolute Gasteiger partial charge is 0.416 e. The van der Waals surface area contributed by atoms with E-state index in [4.69, 9.17) is 5.73 Å². The van der Waals surface area contributed by atoms with Gasteiger partial charge in [-0.2, -0.15) is 13.2 Å². The minimum atomic E-state index is -4.80. The maximum atomic E-state index is 12.8. The molecule has 6 heteroatoms. The summed E-state index contributed by atoms with van der Waals surface area (Å²) in [6.45, 7) is 11.1. The minimum absolute atomic E-state index is 0.0578. The fraction of sp³-hybridized carbons (Fsp3) is 0.647. The van der Waals surface area contributed by atoms with Crippen molar-refractivity contribution in [2.24, 2.45) is 5.73 Å². The van der Waals surface area contributed by atoms with Crippen LogP contribution in [0.2, 0.25) is 0 Å². The molecule has 0 aliphatic carbocycles. The standard InChI is InChI=1S/C17H26F3NO2/c1-15(2,3)10-7-9(12(21)14(23)17(18,19)20)8-11(13(10)22)16(4,5)6/h7-8,12,14,22-23H,21H2,1-6H3/t12-,14-/m0/s1. The number of alkyl halides is 3. The average Bonchev–Trinajstić information content (AvgIpc) is 2.33. The molecule has 0 spiro atoms. The predicted octanol–water partition coefficient (Wildman–Crippen LogP) is 3.91. The number of benzene rings is 1. The van der Waals surface area contributed by atoms with Crippen LogP contribution >= 0.6 is 0 Å². The molecule has 23 heavy (non-hydrogen) atoms. The Morgan fingerprint density at radius 2 is 1.26 bits per heavy atom. The molecule has 0 saturated carbocycles. The number of hydrogen-bond acceptors (Lipinski definition) is 3. The summed E-state index contributed by atoms with van der Waals surface area (Å²) >= 11 is 0. The molecule has 0 heterocycles. The van der Waals surface area contributed by atoms with Crippen LogP contribution in [0.5, 0.6) is 5.75 Å². The van der Waals surface area contributed by atoms with Crippen LogP contribution in [0.15, 0.2) is 12.1 Å². The lowest BCUT2D eigenvalue weighted by Gasteiger charge is -2.30. The summed E-state index contributed by atoms with van der Waals surface area (Å²) in [7, 11) is 0. The number of hydrogen-bond donors (Lipinski definition) is 3. The van der Waals surface area contributed by atoms with E-state index < -0.39 is 29.2 Å². The lowest BCUT2D eigenvalue weighted by Crippen LogP contribution is -2.39. The zero-order valence-electron chi connectivity index (χ0n) is 14.4. The van der Waals surface area contributed by atoms with Crippen LogP contribution in [0.3, 0.4) is 0 Å². The Morgan fingerprint density at radius 1 is 0.913 bits per heavy atom. The molecule has 0 amide bonds. The van der Waals surface area contributed by atoms with Gasteiger partial charge in [-0.15, -0.1) is 0 Å². The van der Waals surface area contributed by atoms with Gasteiger partial charge in [-0.3, -0.25) is 0 Å². The Bertz CT molecular complexity index is 534. The van der Waals surface area contributed by atoms with Gasteiger partial charge in [-0.1, -0.05) is 41.5 Å². The molecular formula is C17H26F3NO2. The number of aliphatic hydroxyl groups is 1. The summed E-state index contributed by atoms with van der Waals surface area (Å²) in [5, 5.41) is 20.0. The van der Waals surface area contributed by atoms with Gasteiger partial charge in [-0.05, 0) is 39.7 Å². The monoisotopic (exact) mass is 333 g/mol.